The third-order valence-electron chi connectivity index (χ3n) is 3.45. The summed E-state index contributed by atoms with van der Waals surface area (Å²) in [6, 6.07) is 4.37. The fourth-order valence-corrected chi connectivity index (χ4v) is 2.28. The molecule has 0 aliphatic carbocycles. The van der Waals surface area contributed by atoms with Crippen molar-refractivity contribution in [2.45, 2.75) is 25.5 Å². The van der Waals surface area contributed by atoms with Crippen molar-refractivity contribution >= 4 is 18.3 Å². The first-order valence-corrected chi connectivity index (χ1v) is 6.69. The van der Waals surface area contributed by atoms with Crippen LogP contribution >= 0.6 is 12.4 Å². The predicted molar refractivity (Wildman–Crippen MR) is 80.0 cm³/mol. The van der Waals surface area contributed by atoms with E-state index in [0.717, 1.165) is 12.8 Å². The van der Waals surface area contributed by atoms with E-state index >= 15 is 0 Å². The molecule has 8 heteroatoms. The van der Waals surface area contributed by atoms with Gasteiger partial charge in [0.05, 0.1) is 7.11 Å². The van der Waals surface area contributed by atoms with Crippen molar-refractivity contribution in [3.05, 3.63) is 23.8 Å². The van der Waals surface area contributed by atoms with Gasteiger partial charge >= 0.3 is 6.61 Å². The molecule has 0 spiro atoms. The highest BCUT2D eigenvalue weighted by Gasteiger charge is 2.23. The van der Waals surface area contributed by atoms with Gasteiger partial charge in [-0.05, 0) is 31.0 Å². The van der Waals surface area contributed by atoms with Gasteiger partial charge in [-0.3, -0.25) is 4.79 Å². The molecule has 0 aromatic heterocycles. The van der Waals surface area contributed by atoms with E-state index < -0.39 is 6.61 Å². The smallest absolute Gasteiger partial charge is 0.387 e. The van der Waals surface area contributed by atoms with E-state index in [2.05, 4.69) is 4.74 Å². The Morgan fingerprint density at radius 3 is 2.50 bits per heavy atom. The van der Waals surface area contributed by atoms with Crippen LogP contribution in [0.5, 0.6) is 11.5 Å². The van der Waals surface area contributed by atoms with Crippen LogP contribution in [-0.2, 0) is 0 Å². The number of alkyl halides is 2. The maximum absolute atomic E-state index is 12.4. The highest BCUT2D eigenvalue weighted by atomic mass is 35.5. The Bertz CT molecular complexity index is 509. The van der Waals surface area contributed by atoms with Crippen molar-refractivity contribution < 1.29 is 23.0 Å². The number of nitrogens with zero attached hydrogens (tertiary/aromatic N) is 1. The lowest BCUT2D eigenvalue weighted by Gasteiger charge is -2.30. The number of likely N-dealkylation sites (tertiary alicyclic amines) is 1. The Morgan fingerprint density at radius 2 is 1.95 bits per heavy atom. The molecule has 0 saturated carbocycles. The van der Waals surface area contributed by atoms with Crippen LogP contribution in [0.1, 0.15) is 23.2 Å². The van der Waals surface area contributed by atoms with Gasteiger partial charge in [-0.1, -0.05) is 0 Å². The number of hydrogen-bond acceptors (Lipinski definition) is 4. The maximum Gasteiger partial charge on any atom is 0.387 e. The van der Waals surface area contributed by atoms with Crippen LogP contribution < -0.4 is 15.2 Å². The minimum absolute atomic E-state index is 0. The number of carbonyl (C=O) groups is 1. The zero-order chi connectivity index (χ0) is 15.4. The van der Waals surface area contributed by atoms with Crippen molar-refractivity contribution in [1.82, 2.24) is 4.90 Å². The molecule has 1 fully saturated rings. The molecule has 124 valence electrons. The molecule has 0 atom stereocenters. The van der Waals surface area contributed by atoms with Crippen LogP contribution in [-0.4, -0.2) is 43.7 Å². The summed E-state index contributed by atoms with van der Waals surface area (Å²) in [7, 11) is 1.35. The summed E-state index contributed by atoms with van der Waals surface area (Å²) in [4.78, 5) is 14.0. The number of ether oxygens (including phenoxy) is 2. The van der Waals surface area contributed by atoms with Crippen molar-refractivity contribution in [1.29, 1.82) is 0 Å². The Hall–Kier alpha value is -1.60. The van der Waals surface area contributed by atoms with E-state index in [1.54, 1.807) is 4.90 Å². The molecule has 0 bridgehead atoms. The normalized spacial score (nSPS) is 15.4. The first kappa shape index (κ1) is 18.4. The quantitative estimate of drug-likeness (QED) is 0.916. The summed E-state index contributed by atoms with van der Waals surface area (Å²) in [5.41, 5.74) is 6.09. The van der Waals surface area contributed by atoms with Gasteiger partial charge in [0.15, 0.2) is 11.5 Å². The van der Waals surface area contributed by atoms with Crippen LogP contribution in [0.4, 0.5) is 8.78 Å². The average Bonchev–Trinajstić information content (AvgIpc) is 2.46. The molecule has 22 heavy (non-hydrogen) atoms. The largest absolute Gasteiger partial charge is 0.493 e. The molecule has 1 saturated heterocycles. The van der Waals surface area contributed by atoms with Gasteiger partial charge in [-0.15, -0.1) is 12.4 Å². The summed E-state index contributed by atoms with van der Waals surface area (Å²) in [6.07, 6.45) is 1.48. The molecule has 1 amide bonds. The lowest BCUT2D eigenvalue weighted by atomic mass is 10.0. The molecule has 1 aliphatic heterocycles. The molecule has 0 unspecified atom stereocenters. The lowest BCUT2D eigenvalue weighted by molar-refractivity contribution is -0.0512. The SMILES string of the molecule is COc1ccc(C(=O)N2CCC(N)CC2)cc1OC(F)F.Cl. The Labute approximate surface area is 133 Å². The van der Waals surface area contributed by atoms with E-state index in [-0.39, 0.29) is 35.9 Å². The van der Waals surface area contributed by atoms with Crippen molar-refractivity contribution in [3.8, 4) is 11.5 Å². The zero-order valence-electron chi connectivity index (χ0n) is 12.1. The first-order chi connectivity index (χ1) is 10.0. The van der Waals surface area contributed by atoms with Crippen LogP contribution in [0.25, 0.3) is 0 Å². The van der Waals surface area contributed by atoms with Gasteiger partial charge in [0.1, 0.15) is 0 Å². The Morgan fingerprint density at radius 1 is 1.32 bits per heavy atom. The number of benzene rings is 1. The number of amides is 1. The third kappa shape index (κ3) is 4.45. The number of rotatable bonds is 4. The van der Waals surface area contributed by atoms with Gasteiger partial charge in [0.25, 0.3) is 5.91 Å². The van der Waals surface area contributed by atoms with Crippen molar-refractivity contribution in [2.24, 2.45) is 5.73 Å². The molecule has 2 rings (SSSR count). The van der Waals surface area contributed by atoms with Gasteiger partial charge in [0, 0.05) is 24.7 Å². The molecule has 1 aromatic rings. The highest BCUT2D eigenvalue weighted by molar-refractivity contribution is 5.95. The number of halogens is 3. The van der Waals surface area contributed by atoms with E-state index in [9.17, 15) is 13.6 Å². The number of hydrogen-bond donors (Lipinski definition) is 1. The van der Waals surface area contributed by atoms with Gasteiger partial charge < -0.3 is 20.1 Å². The molecule has 1 aliphatic rings. The van der Waals surface area contributed by atoms with Crippen molar-refractivity contribution in [2.75, 3.05) is 20.2 Å². The number of piperidine rings is 1. The fraction of sp³-hybridized carbons (Fsp3) is 0.500. The second-order valence-corrected chi connectivity index (χ2v) is 4.87. The number of methoxy groups -OCH3 is 1. The van der Waals surface area contributed by atoms with Gasteiger partial charge in [-0.2, -0.15) is 8.78 Å². The summed E-state index contributed by atoms with van der Waals surface area (Å²) in [6.45, 7) is -1.84. The van der Waals surface area contributed by atoms with E-state index in [4.69, 9.17) is 10.5 Å². The fourth-order valence-electron chi connectivity index (χ4n) is 2.28. The second-order valence-electron chi connectivity index (χ2n) is 4.87. The Balaban J connectivity index is 0.00000242. The van der Waals surface area contributed by atoms with Crippen LogP contribution in [0, 0.1) is 0 Å². The average molecular weight is 337 g/mol. The van der Waals surface area contributed by atoms with Crippen LogP contribution in [0.3, 0.4) is 0 Å². The highest BCUT2D eigenvalue weighted by Crippen LogP contribution is 2.30. The number of carbonyl (C=O) groups excluding carboxylic acids is 1. The third-order valence-corrected chi connectivity index (χ3v) is 3.45. The van der Waals surface area contributed by atoms with E-state index in [1.165, 1.54) is 25.3 Å². The zero-order valence-corrected chi connectivity index (χ0v) is 12.9. The van der Waals surface area contributed by atoms with Gasteiger partial charge in [0.2, 0.25) is 0 Å². The Kier molecular flexibility index (Phi) is 6.83. The van der Waals surface area contributed by atoms with Crippen molar-refractivity contribution in [3.63, 3.8) is 0 Å². The standard InChI is InChI=1S/C14H18F2N2O3.ClH/c1-20-11-3-2-9(8-12(11)21-14(15)16)13(19)18-6-4-10(17)5-7-18;/h2-3,8,10,14H,4-7,17H2,1H3;1H. The first-order valence-electron chi connectivity index (χ1n) is 6.69. The maximum atomic E-state index is 12.4. The summed E-state index contributed by atoms with van der Waals surface area (Å²) in [5, 5.41) is 0. The number of nitrogens with two attached hydrogens (primary N) is 1. The molecular formula is C14H19ClF2N2O3. The minimum atomic E-state index is -2.97. The molecule has 0 radical (unpaired) electrons. The summed E-state index contributed by atoms with van der Waals surface area (Å²) < 4.78 is 34.1. The predicted octanol–water partition coefficient (Wildman–Crippen LogP) is 2.28. The van der Waals surface area contributed by atoms with E-state index in [1.807, 2.05) is 0 Å². The lowest BCUT2D eigenvalue weighted by Crippen LogP contribution is -2.42. The molecule has 5 nitrogen and oxygen atoms in total. The molecular weight excluding hydrogens is 318 g/mol. The molecule has 1 aromatic carbocycles. The molecule has 1 heterocycles. The second kappa shape index (κ2) is 8.14. The van der Waals surface area contributed by atoms with E-state index in [0.29, 0.717) is 18.7 Å². The topological polar surface area (TPSA) is 64.8 Å². The molecule has 2 N–H and O–H groups in total. The van der Waals surface area contributed by atoms with Gasteiger partial charge in [-0.25, -0.2) is 0 Å². The summed E-state index contributed by atoms with van der Waals surface area (Å²) >= 11 is 0. The minimum Gasteiger partial charge on any atom is -0.493 e. The van der Waals surface area contributed by atoms with Crippen LogP contribution in [0.15, 0.2) is 18.2 Å². The van der Waals surface area contributed by atoms with Crippen LogP contribution in [0.2, 0.25) is 0 Å². The monoisotopic (exact) mass is 336 g/mol. The summed E-state index contributed by atoms with van der Waals surface area (Å²) in [5.74, 6) is -0.205.